The fraction of sp³-hybridized carbons (Fsp3) is 0.419. The zero-order valence-corrected chi connectivity index (χ0v) is 22.1. The average Bonchev–Trinajstić information content (AvgIpc) is 2.91. The number of ether oxygens (including phenoxy) is 2. The molecule has 1 atom stereocenters. The summed E-state index contributed by atoms with van der Waals surface area (Å²) in [6.45, 7) is 8.10. The van der Waals surface area contributed by atoms with Crippen LogP contribution < -0.4 is 19.7 Å². The number of nitrogens with zero attached hydrogens (tertiary/aromatic N) is 1. The van der Waals surface area contributed by atoms with Crippen molar-refractivity contribution in [3.05, 3.63) is 82.4 Å². The second-order valence-corrected chi connectivity index (χ2v) is 9.59. The molecular formula is C31H40N2O3. The molecule has 5 nitrogen and oxygen atoms in total. The van der Waals surface area contributed by atoms with Crippen LogP contribution in [0.3, 0.4) is 0 Å². The van der Waals surface area contributed by atoms with Gasteiger partial charge in [-0.15, -0.1) is 0 Å². The predicted octanol–water partition coefficient (Wildman–Crippen LogP) is 5.86. The largest absolute Gasteiger partial charge is 0.508 e. The summed E-state index contributed by atoms with van der Waals surface area (Å²) in [4.78, 5) is 2.44. The van der Waals surface area contributed by atoms with E-state index in [-0.39, 0.29) is 0 Å². The number of fused-ring (bicyclic) bond motifs is 1. The van der Waals surface area contributed by atoms with E-state index < -0.39 is 0 Å². The highest BCUT2D eigenvalue weighted by Gasteiger charge is 2.26. The van der Waals surface area contributed by atoms with Gasteiger partial charge in [-0.1, -0.05) is 37.3 Å². The first-order valence-corrected chi connectivity index (χ1v) is 13.2. The lowest BCUT2D eigenvalue weighted by Crippen LogP contribution is -2.25. The molecule has 3 aromatic carbocycles. The van der Waals surface area contributed by atoms with Gasteiger partial charge in [0.05, 0.1) is 14.2 Å². The summed E-state index contributed by atoms with van der Waals surface area (Å²) in [5.41, 5.74) is 7.75. The summed E-state index contributed by atoms with van der Waals surface area (Å²) in [6, 6.07) is 19.1. The number of benzene rings is 3. The summed E-state index contributed by atoms with van der Waals surface area (Å²) < 4.78 is 11.4. The molecular weight excluding hydrogens is 448 g/mol. The fourth-order valence-electron chi connectivity index (χ4n) is 5.30. The number of phenolic OH excluding ortho intramolecular Hbond substituents is 1. The highest BCUT2D eigenvalue weighted by molar-refractivity contribution is 5.64. The summed E-state index contributed by atoms with van der Waals surface area (Å²) >= 11 is 0. The molecule has 0 aromatic heterocycles. The molecule has 36 heavy (non-hydrogen) atoms. The Bertz CT molecular complexity index is 1140. The molecule has 3 aromatic rings. The smallest absolute Gasteiger partial charge is 0.162 e. The van der Waals surface area contributed by atoms with Crippen LogP contribution in [0.25, 0.3) is 0 Å². The minimum atomic E-state index is 0.351. The Balaban J connectivity index is 1.63. The lowest BCUT2D eigenvalue weighted by molar-refractivity contribution is 0.354. The standard InChI is InChI=1S/C31H40N2O3/c1-5-32-16-15-22-7-9-23(10-8-22)21-33(6-2)29-20-31(36-4)30(35-3)19-28(29)26-12-11-25-18-27(34)14-13-24(25)17-26/h7-10,13-14,18-20,26,32,34H,5-6,11-12,15-17,21H2,1-4H3/t26-/m1/s1. The highest BCUT2D eigenvalue weighted by Crippen LogP contribution is 2.43. The number of nitrogens with one attached hydrogen (secondary N) is 1. The topological polar surface area (TPSA) is 54.0 Å². The van der Waals surface area contributed by atoms with Gasteiger partial charge in [0.15, 0.2) is 11.5 Å². The van der Waals surface area contributed by atoms with Gasteiger partial charge < -0.3 is 24.8 Å². The summed E-state index contributed by atoms with van der Waals surface area (Å²) in [6.07, 6.45) is 4.00. The summed E-state index contributed by atoms with van der Waals surface area (Å²) in [5.74, 6) is 2.26. The average molecular weight is 489 g/mol. The van der Waals surface area contributed by atoms with E-state index in [4.69, 9.17) is 9.47 Å². The van der Waals surface area contributed by atoms with Gasteiger partial charge in [0.2, 0.25) is 0 Å². The maximum absolute atomic E-state index is 9.92. The van der Waals surface area contributed by atoms with Crippen LogP contribution in [0.1, 0.15) is 54.0 Å². The minimum Gasteiger partial charge on any atom is -0.508 e. The van der Waals surface area contributed by atoms with E-state index >= 15 is 0 Å². The van der Waals surface area contributed by atoms with Crippen LogP contribution in [-0.2, 0) is 25.8 Å². The number of methoxy groups -OCH3 is 2. The third-order valence-electron chi connectivity index (χ3n) is 7.35. The van der Waals surface area contributed by atoms with Gasteiger partial charge in [-0.25, -0.2) is 0 Å². The van der Waals surface area contributed by atoms with E-state index in [1.54, 1.807) is 20.3 Å². The van der Waals surface area contributed by atoms with Crippen molar-refractivity contribution in [2.45, 2.75) is 52.0 Å². The van der Waals surface area contributed by atoms with E-state index in [0.717, 1.165) is 63.4 Å². The molecule has 0 radical (unpaired) electrons. The van der Waals surface area contributed by atoms with E-state index in [0.29, 0.717) is 11.7 Å². The first-order chi connectivity index (χ1) is 17.6. The lowest BCUT2D eigenvalue weighted by Gasteiger charge is -2.32. The Morgan fingerprint density at radius 2 is 1.64 bits per heavy atom. The number of aromatic hydroxyl groups is 1. The highest BCUT2D eigenvalue weighted by atomic mass is 16.5. The molecule has 0 saturated heterocycles. The Hall–Kier alpha value is -3.18. The molecule has 0 spiro atoms. The quantitative estimate of drug-likeness (QED) is 0.331. The lowest BCUT2D eigenvalue weighted by atomic mass is 9.79. The maximum atomic E-state index is 9.92. The van der Waals surface area contributed by atoms with Crippen molar-refractivity contribution in [3.63, 3.8) is 0 Å². The van der Waals surface area contributed by atoms with Crippen molar-refractivity contribution in [3.8, 4) is 17.2 Å². The number of phenols is 1. The van der Waals surface area contributed by atoms with Crippen LogP contribution in [0.15, 0.2) is 54.6 Å². The fourth-order valence-corrected chi connectivity index (χ4v) is 5.30. The van der Waals surface area contributed by atoms with E-state index in [9.17, 15) is 5.11 Å². The molecule has 4 rings (SSSR count). The van der Waals surface area contributed by atoms with Crippen molar-refractivity contribution in [2.24, 2.45) is 0 Å². The Morgan fingerprint density at radius 1 is 0.917 bits per heavy atom. The number of aryl methyl sites for hydroxylation is 1. The van der Waals surface area contributed by atoms with Gasteiger partial charge in [0.1, 0.15) is 5.75 Å². The molecule has 1 aliphatic carbocycles. The van der Waals surface area contributed by atoms with Crippen LogP contribution in [0.4, 0.5) is 5.69 Å². The Morgan fingerprint density at radius 3 is 2.33 bits per heavy atom. The molecule has 0 fully saturated rings. The van der Waals surface area contributed by atoms with E-state index in [1.165, 1.54) is 33.5 Å². The molecule has 5 heteroatoms. The van der Waals surface area contributed by atoms with Gasteiger partial charge in [-0.3, -0.25) is 0 Å². The van der Waals surface area contributed by atoms with Crippen LogP contribution in [0, 0.1) is 0 Å². The summed E-state index contributed by atoms with van der Waals surface area (Å²) in [7, 11) is 3.41. The van der Waals surface area contributed by atoms with Crippen LogP contribution in [-0.4, -0.2) is 39.0 Å². The second kappa shape index (κ2) is 12.2. The molecule has 0 unspecified atom stereocenters. The van der Waals surface area contributed by atoms with Gasteiger partial charge in [-0.2, -0.15) is 0 Å². The zero-order valence-electron chi connectivity index (χ0n) is 22.1. The first kappa shape index (κ1) is 25.9. The minimum absolute atomic E-state index is 0.351. The van der Waals surface area contributed by atoms with Crippen LogP contribution in [0.2, 0.25) is 0 Å². The predicted molar refractivity (Wildman–Crippen MR) is 148 cm³/mol. The Kier molecular flexibility index (Phi) is 8.76. The molecule has 0 bridgehead atoms. The SMILES string of the molecule is CCNCCc1ccc(CN(CC)c2cc(OC)c(OC)cc2[C@@H]2CCc3cc(O)ccc3C2)cc1. The zero-order chi connectivity index (χ0) is 25.5. The van der Waals surface area contributed by atoms with Gasteiger partial charge in [0, 0.05) is 24.8 Å². The molecule has 192 valence electrons. The number of rotatable bonds is 11. The third kappa shape index (κ3) is 5.96. The van der Waals surface area contributed by atoms with Gasteiger partial charge in [-0.05, 0) is 97.6 Å². The molecule has 1 aliphatic rings. The van der Waals surface area contributed by atoms with E-state index in [1.807, 2.05) is 6.07 Å². The van der Waals surface area contributed by atoms with Gasteiger partial charge >= 0.3 is 0 Å². The third-order valence-corrected chi connectivity index (χ3v) is 7.35. The molecule has 2 N–H and O–H groups in total. The number of anilines is 1. The summed E-state index contributed by atoms with van der Waals surface area (Å²) in [5, 5.41) is 13.3. The number of likely N-dealkylation sites (N-methyl/N-ethyl adjacent to an activating group) is 1. The molecule has 0 saturated carbocycles. The normalized spacial score (nSPS) is 14.8. The van der Waals surface area contributed by atoms with Crippen molar-refractivity contribution in [2.75, 3.05) is 38.8 Å². The monoisotopic (exact) mass is 488 g/mol. The van der Waals surface area contributed by atoms with Crippen molar-refractivity contribution in [1.82, 2.24) is 5.32 Å². The Labute approximate surface area is 216 Å². The van der Waals surface area contributed by atoms with E-state index in [2.05, 4.69) is 66.5 Å². The first-order valence-electron chi connectivity index (χ1n) is 13.2. The maximum Gasteiger partial charge on any atom is 0.162 e. The van der Waals surface area contributed by atoms with Crippen molar-refractivity contribution >= 4 is 5.69 Å². The molecule has 0 aliphatic heterocycles. The van der Waals surface area contributed by atoms with Gasteiger partial charge in [0.25, 0.3) is 0 Å². The van der Waals surface area contributed by atoms with Crippen LogP contribution in [0.5, 0.6) is 17.2 Å². The molecule has 0 heterocycles. The second-order valence-electron chi connectivity index (χ2n) is 9.59. The van der Waals surface area contributed by atoms with Crippen LogP contribution >= 0.6 is 0 Å². The van der Waals surface area contributed by atoms with Crippen molar-refractivity contribution < 1.29 is 14.6 Å². The molecule has 0 amide bonds. The number of hydrogen-bond donors (Lipinski definition) is 2. The van der Waals surface area contributed by atoms with Crippen molar-refractivity contribution in [1.29, 1.82) is 0 Å². The number of hydrogen-bond acceptors (Lipinski definition) is 5.